The summed E-state index contributed by atoms with van der Waals surface area (Å²) < 4.78 is 0. The van der Waals surface area contributed by atoms with Crippen molar-refractivity contribution in [2.45, 2.75) is 32.1 Å². The Morgan fingerprint density at radius 1 is 1.91 bits per heavy atom. The van der Waals surface area contributed by atoms with Gasteiger partial charge in [-0.1, -0.05) is 0 Å². The predicted molar refractivity (Wildman–Crippen MR) is 37.2 cm³/mol. The minimum atomic E-state index is -1.26. The van der Waals surface area contributed by atoms with E-state index in [0.29, 0.717) is 6.42 Å². The van der Waals surface area contributed by atoms with Gasteiger partial charge in [-0.25, -0.2) is 4.79 Å². The summed E-state index contributed by atoms with van der Waals surface area (Å²) in [4.78, 5) is 15.6. The van der Waals surface area contributed by atoms with Crippen molar-refractivity contribution < 1.29 is 14.7 Å². The van der Waals surface area contributed by atoms with Crippen molar-refractivity contribution in [1.82, 2.24) is 5.06 Å². The van der Waals surface area contributed by atoms with E-state index in [4.69, 9.17) is 10.6 Å². The fraction of sp³-hybridized carbons (Fsp3) is 0.833. The number of nitrogens with zero attached hydrogens (tertiary/aromatic N) is 1. The zero-order valence-corrected chi connectivity index (χ0v) is 6.57. The van der Waals surface area contributed by atoms with Crippen LogP contribution in [-0.4, -0.2) is 28.0 Å². The van der Waals surface area contributed by atoms with Crippen LogP contribution in [0.25, 0.3) is 0 Å². The summed E-state index contributed by atoms with van der Waals surface area (Å²) in [7, 11) is 0. The largest absolute Gasteiger partial charge is 0.369 e. The van der Waals surface area contributed by atoms with E-state index in [-0.39, 0.29) is 6.10 Å². The van der Waals surface area contributed by atoms with Crippen LogP contribution in [0.4, 0.5) is 4.79 Å². The number of hydroxylamine groups is 2. The minimum absolute atomic E-state index is 0.169. The maximum atomic E-state index is 10.6. The van der Waals surface area contributed by atoms with Gasteiger partial charge in [0.1, 0.15) is 0 Å². The van der Waals surface area contributed by atoms with Crippen LogP contribution < -0.4 is 5.73 Å². The number of amides is 2. The van der Waals surface area contributed by atoms with Crippen LogP contribution in [0.3, 0.4) is 0 Å². The van der Waals surface area contributed by atoms with Crippen LogP contribution in [0.1, 0.15) is 20.3 Å². The van der Waals surface area contributed by atoms with Gasteiger partial charge in [-0.05, 0) is 13.8 Å². The van der Waals surface area contributed by atoms with E-state index >= 15 is 0 Å². The third kappa shape index (κ3) is 1.44. The number of carbonyl (C=O) groups excluding carboxylic acids is 1. The van der Waals surface area contributed by atoms with Crippen LogP contribution in [-0.2, 0) is 4.84 Å². The van der Waals surface area contributed by atoms with Crippen molar-refractivity contribution in [1.29, 1.82) is 0 Å². The van der Waals surface area contributed by atoms with Gasteiger partial charge in [-0.15, -0.1) is 0 Å². The normalized spacial score (nSPS) is 37.7. The van der Waals surface area contributed by atoms with Crippen LogP contribution in [0, 0.1) is 0 Å². The van der Waals surface area contributed by atoms with E-state index < -0.39 is 11.8 Å². The minimum Gasteiger partial charge on any atom is -0.369 e. The highest BCUT2D eigenvalue weighted by Crippen LogP contribution is 2.27. The first kappa shape index (κ1) is 8.29. The smallest absolute Gasteiger partial charge is 0.341 e. The van der Waals surface area contributed by atoms with Gasteiger partial charge in [0.05, 0.1) is 6.10 Å². The molecule has 1 aliphatic heterocycles. The van der Waals surface area contributed by atoms with Crippen molar-refractivity contribution in [3.05, 3.63) is 0 Å². The monoisotopic (exact) mass is 160 g/mol. The molecule has 0 saturated carbocycles. The molecule has 0 aliphatic carbocycles. The van der Waals surface area contributed by atoms with E-state index in [1.54, 1.807) is 6.92 Å². The first-order valence-electron chi connectivity index (χ1n) is 3.42. The van der Waals surface area contributed by atoms with Gasteiger partial charge in [0.25, 0.3) is 0 Å². The summed E-state index contributed by atoms with van der Waals surface area (Å²) in [5.74, 6) is 0. The van der Waals surface area contributed by atoms with Crippen molar-refractivity contribution in [2.24, 2.45) is 5.73 Å². The molecule has 1 heterocycles. The average Bonchev–Trinajstić information content (AvgIpc) is 2.04. The number of urea groups is 1. The average molecular weight is 160 g/mol. The summed E-state index contributed by atoms with van der Waals surface area (Å²) in [6.45, 7) is 3.25. The third-order valence-electron chi connectivity index (χ3n) is 1.60. The molecule has 2 unspecified atom stereocenters. The highest BCUT2D eigenvalue weighted by molar-refractivity contribution is 5.71. The Balaban J connectivity index is 2.74. The van der Waals surface area contributed by atoms with Gasteiger partial charge >= 0.3 is 6.03 Å². The molecule has 0 bridgehead atoms. The Morgan fingerprint density at radius 2 is 2.45 bits per heavy atom. The molecule has 0 radical (unpaired) electrons. The highest BCUT2D eigenvalue weighted by atomic mass is 16.7. The second-order valence-electron chi connectivity index (χ2n) is 2.97. The summed E-state index contributed by atoms with van der Waals surface area (Å²) >= 11 is 0. The standard InChI is InChI=1S/C6H12N2O3/c1-4-3-6(2,10)8(11-4)5(7)9/h4,10H,3H2,1-2H3,(H2,7,9). The first-order chi connectivity index (χ1) is 4.93. The van der Waals surface area contributed by atoms with Gasteiger partial charge in [-0.2, -0.15) is 5.06 Å². The van der Waals surface area contributed by atoms with E-state index in [9.17, 15) is 9.90 Å². The third-order valence-corrected chi connectivity index (χ3v) is 1.60. The molecule has 3 N–H and O–H groups in total. The molecule has 0 spiro atoms. The van der Waals surface area contributed by atoms with Crippen LogP contribution >= 0.6 is 0 Å². The molecule has 5 nitrogen and oxygen atoms in total. The van der Waals surface area contributed by atoms with Crippen molar-refractivity contribution >= 4 is 6.03 Å². The molecule has 1 fully saturated rings. The molecule has 11 heavy (non-hydrogen) atoms. The lowest BCUT2D eigenvalue weighted by Crippen LogP contribution is -2.46. The second kappa shape index (κ2) is 2.35. The van der Waals surface area contributed by atoms with Gasteiger partial charge in [0, 0.05) is 6.42 Å². The molecular formula is C6H12N2O3. The van der Waals surface area contributed by atoms with Crippen LogP contribution in [0.15, 0.2) is 0 Å². The number of hydrogen-bond acceptors (Lipinski definition) is 3. The molecule has 1 saturated heterocycles. The number of primary amides is 1. The quantitative estimate of drug-likeness (QED) is 0.515. The lowest BCUT2D eigenvalue weighted by atomic mass is 10.1. The van der Waals surface area contributed by atoms with Gasteiger partial charge in [0.2, 0.25) is 0 Å². The fourth-order valence-electron chi connectivity index (χ4n) is 1.25. The zero-order chi connectivity index (χ0) is 8.65. The molecule has 1 aliphatic rings. The van der Waals surface area contributed by atoms with E-state index in [0.717, 1.165) is 5.06 Å². The van der Waals surface area contributed by atoms with Crippen molar-refractivity contribution in [3.63, 3.8) is 0 Å². The van der Waals surface area contributed by atoms with Crippen LogP contribution in [0.2, 0.25) is 0 Å². The van der Waals surface area contributed by atoms with Crippen molar-refractivity contribution in [3.8, 4) is 0 Å². The first-order valence-corrected chi connectivity index (χ1v) is 3.42. The lowest BCUT2D eigenvalue weighted by Gasteiger charge is -2.24. The van der Waals surface area contributed by atoms with Crippen molar-refractivity contribution in [2.75, 3.05) is 0 Å². The van der Waals surface area contributed by atoms with Crippen LogP contribution in [0.5, 0.6) is 0 Å². The van der Waals surface area contributed by atoms with Gasteiger partial charge in [-0.3, -0.25) is 4.84 Å². The lowest BCUT2D eigenvalue weighted by molar-refractivity contribution is -0.196. The summed E-state index contributed by atoms with van der Waals surface area (Å²) in [5, 5.41) is 10.3. The fourth-order valence-corrected chi connectivity index (χ4v) is 1.25. The predicted octanol–water partition coefficient (Wildman–Crippen LogP) is -0.201. The van der Waals surface area contributed by atoms with E-state index in [1.165, 1.54) is 6.92 Å². The molecule has 0 aromatic heterocycles. The number of aliphatic hydroxyl groups is 1. The topological polar surface area (TPSA) is 75.8 Å². The molecule has 64 valence electrons. The molecule has 5 heteroatoms. The Kier molecular flexibility index (Phi) is 1.77. The Morgan fingerprint density at radius 3 is 2.64 bits per heavy atom. The van der Waals surface area contributed by atoms with Gasteiger partial charge in [0.15, 0.2) is 5.72 Å². The van der Waals surface area contributed by atoms with Gasteiger partial charge < -0.3 is 10.8 Å². The Bertz CT molecular complexity index is 181. The molecule has 0 aromatic carbocycles. The Labute approximate surface area is 64.7 Å². The zero-order valence-electron chi connectivity index (χ0n) is 6.57. The van der Waals surface area contributed by atoms with E-state index in [2.05, 4.69) is 0 Å². The number of nitrogens with two attached hydrogens (primary N) is 1. The molecular weight excluding hydrogens is 148 g/mol. The second-order valence-corrected chi connectivity index (χ2v) is 2.97. The summed E-state index contributed by atoms with van der Waals surface area (Å²) in [6, 6.07) is -0.764. The van der Waals surface area contributed by atoms with E-state index in [1.807, 2.05) is 0 Å². The SMILES string of the molecule is CC1CC(C)(O)N(C(N)=O)O1. The summed E-state index contributed by atoms with van der Waals surface area (Å²) in [6.07, 6.45) is 0.216. The molecule has 2 atom stereocenters. The Hall–Kier alpha value is -0.810. The number of rotatable bonds is 0. The number of carbonyl (C=O) groups is 1. The molecule has 0 aromatic rings. The highest BCUT2D eigenvalue weighted by Gasteiger charge is 2.42. The molecule has 2 amide bonds. The number of hydrogen-bond donors (Lipinski definition) is 2. The summed E-state index contributed by atoms with van der Waals surface area (Å²) in [5.41, 5.74) is 3.68. The maximum Gasteiger partial charge on any atom is 0.341 e. The molecule has 1 rings (SSSR count). The maximum absolute atomic E-state index is 10.6.